The molecule has 0 spiro atoms. The molecule has 1 fully saturated rings. The second-order valence-electron chi connectivity index (χ2n) is 4.46. The summed E-state index contributed by atoms with van der Waals surface area (Å²) in [4.78, 5) is -0.537. The molecule has 0 aromatic rings. The molecule has 1 aliphatic rings. The maximum atomic E-state index is 10.6. The summed E-state index contributed by atoms with van der Waals surface area (Å²) in [5.74, 6) is 0. The zero-order valence-corrected chi connectivity index (χ0v) is 13.0. The van der Waals surface area contributed by atoms with Crippen molar-refractivity contribution in [1.29, 1.82) is 0 Å². The molecule has 0 saturated carbocycles. The molecule has 0 aliphatic carbocycles. The van der Waals surface area contributed by atoms with E-state index in [4.69, 9.17) is 9.66 Å². The predicted octanol–water partition coefficient (Wildman–Crippen LogP) is -2.88. The first-order valence-electron chi connectivity index (χ1n) is 5.77. The van der Waals surface area contributed by atoms with Gasteiger partial charge in [-0.3, -0.25) is 0 Å². The third kappa shape index (κ3) is 4.88. The molecule has 0 unspecified atom stereocenters. The van der Waals surface area contributed by atoms with Crippen molar-refractivity contribution in [2.45, 2.75) is 39.9 Å². The molecule has 9 nitrogen and oxygen atoms in total. The molecule has 1 heterocycles. The van der Waals surface area contributed by atoms with E-state index in [0.29, 0.717) is 0 Å². The number of hydrogen-bond acceptors (Lipinski definition) is 8. The van der Waals surface area contributed by atoms with Gasteiger partial charge in [-0.25, -0.2) is 0 Å². The van der Waals surface area contributed by atoms with E-state index in [-0.39, 0.29) is 17.2 Å². The van der Waals surface area contributed by atoms with Crippen molar-refractivity contribution in [2.24, 2.45) is 0 Å². The Balaban J connectivity index is 2.66. The van der Waals surface area contributed by atoms with Crippen molar-refractivity contribution in [2.75, 3.05) is 13.2 Å². The first-order valence-corrected chi connectivity index (χ1v) is 10.5. The zero-order chi connectivity index (χ0) is 15.5. The quantitative estimate of drug-likeness (QED) is 0.200. The SMILES string of the molecule is O=S(=O)(O)O[C@@H](CO)[C@H](O)C[Se]1C[C@H](O)[C@@H](O)[C@H]1CO. The fraction of sp³-hybridized carbons (Fsp3) is 1.00. The van der Waals surface area contributed by atoms with E-state index < -0.39 is 60.1 Å². The molecule has 20 heavy (non-hydrogen) atoms. The molecule has 5 atom stereocenters. The van der Waals surface area contributed by atoms with Gasteiger partial charge in [-0.1, -0.05) is 0 Å². The second-order valence-corrected chi connectivity index (χ2v) is 10.4. The van der Waals surface area contributed by atoms with Crippen LogP contribution in [0.2, 0.25) is 15.5 Å². The Morgan fingerprint density at radius 2 is 1.90 bits per heavy atom. The molecule has 6 N–H and O–H groups in total. The minimum atomic E-state index is -4.81. The second kappa shape index (κ2) is 7.45. The van der Waals surface area contributed by atoms with Crippen LogP contribution in [0.4, 0.5) is 0 Å². The number of hydrogen-bond donors (Lipinski definition) is 6. The molecule has 1 saturated heterocycles. The van der Waals surface area contributed by atoms with E-state index >= 15 is 0 Å². The summed E-state index contributed by atoms with van der Waals surface area (Å²) in [6.07, 6.45) is -4.98. The van der Waals surface area contributed by atoms with Gasteiger partial charge in [0.05, 0.1) is 0 Å². The monoisotopic (exact) mass is 383 g/mol. The molecule has 0 aromatic heterocycles. The van der Waals surface area contributed by atoms with Crippen LogP contribution in [0.5, 0.6) is 0 Å². The molecule has 0 amide bonds. The van der Waals surface area contributed by atoms with E-state index in [1.165, 1.54) is 0 Å². The molecular weight excluding hydrogens is 363 g/mol. The van der Waals surface area contributed by atoms with Gasteiger partial charge in [0.1, 0.15) is 0 Å². The van der Waals surface area contributed by atoms with Crippen LogP contribution in [-0.2, 0) is 14.6 Å². The van der Waals surface area contributed by atoms with E-state index in [0.717, 1.165) is 0 Å². The van der Waals surface area contributed by atoms with Crippen LogP contribution in [0, 0.1) is 0 Å². The number of rotatable bonds is 7. The van der Waals surface area contributed by atoms with Gasteiger partial charge in [-0.15, -0.1) is 0 Å². The predicted molar refractivity (Wildman–Crippen MR) is 67.7 cm³/mol. The molecule has 1 rings (SSSR count). The van der Waals surface area contributed by atoms with Gasteiger partial charge in [-0.05, 0) is 0 Å². The van der Waals surface area contributed by atoms with E-state index in [2.05, 4.69) is 4.18 Å². The third-order valence-corrected chi connectivity index (χ3v) is 9.42. The molecule has 11 heteroatoms. The van der Waals surface area contributed by atoms with Crippen molar-refractivity contribution >= 4 is 24.3 Å². The fourth-order valence-electron chi connectivity index (χ4n) is 1.99. The van der Waals surface area contributed by atoms with Crippen LogP contribution in [0.3, 0.4) is 0 Å². The Labute approximate surface area is 120 Å². The Hall–Kier alpha value is 0.189. The maximum absolute atomic E-state index is 10.6. The Kier molecular flexibility index (Phi) is 6.80. The standard InChI is InChI=1S/C9H19O9SSe/c10-1-7(18-19(15,16)17)5(12)3-20-4-6(13)9(14)8(20)2-11/h5-14H,1-4H2,(H,15,16,17)/t5-,6+,7+,8-,9-/m1/s1. The van der Waals surface area contributed by atoms with Crippen LogP contribution in [0.1, 0.15) is 0 Å². The Morgan fingerprint density at radius 3 is 2.35 bits per heavy atom. The van der Waals surface area contributed by atoms with Crippen LogP contribution in [0.15, 0.2) is 0 Å². The Bertz CT molecular complexity index is 402. The van der Waals surface area contributed by atoms with Gasteiger partial charge < -0.3 is 0 Å². The van der Waals surface area contributed by atoms with Gasteiger partial charge in [0, 0.05) is 0 Å². The molecule has 0 aromatic carbocycles. The van der Waals surface area contributed by atoms with Crippen LogP contribution < -0.4 is 0 Å². The van der Waals surface area contributed by atoms with Crippen LogP contribution in [-0.4, -0.2) is 90.0 Å². The van der Waals surface area contributed by atoms with Crippen LogP contribution >= 0.6 is 0 Å². The molecule has 1 aliphatic heterocycles. The molecule has 1 radical (unpaired) electrons. The van der Waals surface area contributed by atoms with Gasteiger partial charge in [0.2, 0.25) is 0 Å². The van der Waals surface area contributed by atoms with Crippen molar-refractivity contribution in [3.8, 4) is 0 Å². The topological polar surface area (TPSA) is 165 Å². The normalized spacial score (nSPS) is 31.4. The first kappa shape index (κ1) is 18.2. The van der Waals surface area contributed by atoms with E-state index in [9.17, 15) is 28.8 Å². The summed E-state index contributed by atoms with van der Waals surface area (Å²) in [5, 5.41) is 47.4. The summed E-state index contributed by atoms with van der Waals surface area (Å²) < 4.78 is 33.8. The first-order chi connectivity index (χ1) is 9.19. The zero-order valence-electron chi connectivity index (χ0n) is 10.4. The van der Waals surface area contributed by atoms with Crippen molar-refractivity contribution in [3.05, 3.63) is 0 Å². The molecule has 121 valence electrons. The number of aliphatic hydroxyl groups is 5. The molecule has 0 bridgehead atoms. The summed E-state index contributed by atoms with van der Waals surface area (Å²) in [5.41, 5.74) is 0. The van der Waals surface area contributed by atoms with Gasteiger partial charge in [0.15, 0.2) is 0 Å². The molecular formula is C9H19O9SSe. The summed E-state index contributed by atoms with van der Waals surface area (Å²) in [7, 11) is -4.81. The summed E-state index contributed by atoms with van der Waals surface area (Å²) >= 11 is -1.82. The van der Waals surface area contributed by atoms with E-state index in [1.807, 2.05) is 0 Å². The van der Waals surface area contributed by atoms with Crippen LogP contribution in [0.25, 0.3) is 0 Å². The third-order valence-electron chi connectivity index (χ3n) is 3.01. The minimum absolute atomic E-state index is 0.0140. The average Bonchev–Trinajstić information content (AvgIpc) is 2.60. The van der Waals surface area contributed by atoms with Gasteiger partial charge >= 0.3 is 120 Å². The van der Waals surface area contributed by atoms with Crippen molar-refractivity contribution in [3.63, 3.8) is 0 Å². The van der Waals surface area contributed by atoms with Crippen molar-refractivity contribution < 1.29 is 42.7 Å². The number of aliphatic hydroxyl groups excluding tert-OH is 5. The fourth-order valence-corrected chi connectivity index (χ4v) is 8.17. The summed E-state index contributed by atoms with van der Waals surface area (Å²) in [6, 6.07) is 0. The average molecular weight is 382 g/mol. The van der Waals surface area contributed by atoms with Gasteiger partial charge in [-0.2, -0.15) is 0 Å². The summed E-state index contributed by atoms with van der Waals surface area (Å²) in [6.45, 7) is -1.17. The Morgan fingerprint density at radius 1 is 1.30 bits per heavy atom. The van der Waals surface area contributed by atoms with Crippen molar-refractivity contribution in [1.82, 2.24) is 0 Å². The van der Waals surface area contributed by atoms with Gasteiger partial charge in [0.25, 0.3) is 0 Å². The van der Waals surface area contributed by atoms with E-state index in [1.54, 1.807) is 0 Å².